The number of carbonyl (C=O) groups excluding carboxylic acids is 1. The molecule has 4 rings (SSSR count). The van der Waals surface area contributed by atoms with Gasteiger partial charge >= 0.3 is 0 Å². The predicted octanol–water partition coefficient (Wildman–Crippen LogP) is 3.39. The Hall–Kier alpha value is -2.35. The molecular formula is C16H11NO. The molecule has 18 heavy (non-hydrogen) atoms. The van der Waals surface area contributed by atoms with E-state index in [0.29, 0.717) is 0 Å². The van der Waals surface area contributed by atoms with Crippen molar-refractivity contribution in [3.8, 4) is 11.1 Å². The average molecular weight is 233 g/mol. The largest absolute Gasteiger partial charge is 0.340 e. The van der Waals surface area contributed by atoms with Gasteiger partial charge in [-0.15, -0.1) is 0 Å². The number of aromatic nitrogens is 1. The first-order chi connectivity index (χ1) is 8.79. The summed E-state index contributed by atoms with van der Waals surface area (Å²) >= 11 is 0. The molecule has 0 aliphatic heterocycles. The van der Waals surface area contributed by atoms with E-state index < -0.39 is 0 Å². The van der Waals surface area contributed by atoms with Crippen LogP contribution in [0.4, 0.5) is 0 Å². The third kappa shape index (κ3) is 0.962. The first kappa shape index (κ1) is 9.66. The Morgan fingerprint density at radius 3 is 2.39 bits per heavy atom. The van der Waals surface area contributed by atoms with Gasteiger partial charge in [-0.1, -0.05) is 42.5 Å². The number of hydrogen-bond acceptors (Lipinski definition) is 1. The van der Waals surface area contributed by atoms with Crippen molar-refractivity contribution in [3.63, 3.8) is 0 Å². The second-order valence-corrected chi connectivity index (χ2v) is 4.67. The lowest BCUT2D eigenvalue weighted by Crippen LogP contribution is -2.03. The highest BCUT2D eigenvalue weighted by Gasteiger charge is 2.31. The maximum absolute atomic E-state index is 12.5. The Morgan fingerprint density at radius 2 is 1.56 bits per heavy atom. The van der Waals surface area contributed by atoms with Crippen molar-refractivity contribution < 1.29 is 4.79 Å². The maximum Gasteiger partial charge on any atom is 0.210 e. The summed E-state index contributed by atoms with van der Waals surface area (Å²) in [5.41, 5.74) is 4.91. The minimum absolute atomic E-state index is 0.138. The Labute approximate surface area is 104 Å². The van der Waals surface area contributed by atoms with Crippen molar-refractivity contribution >= 4 is 16.7 Å². The lowest BCUT2D eigenvalue weighted by atomic mass is 10.0. The number of fused-ring (bicyclic) bond motifs is 5. The highest BCUT2D eigenvalue weighted by Crippen LogP contribution is 2.42. The van der Waals surface area contributed by atoms with Gasteiger partial charge in [0.05, 0.1) is 5.69 Å². The van der Waals surface area contributed by atoms with Gasteiger partial charge in [0.1, 0.15) is 0 Å². The van der Waals surface area contributed by atoms with Gasteiger partial charge in [0.25, 0.3) is 0 Å². The molecule has 0 unspecified atom stereocenters. The zero-order chi connectivity index (χ0) is 12.3. The Morgan fingerprint density at radius 1 is 0.889 bits per heavy atom. The number of para-hydroxylation sites is 1. The standard InChI is InChI=1S/C16H11NO/c1-17-13-9-5-4-8-12(13)14-10-6-2-3-7-11(10)16(18)15(14)17/h2-9H,1H3. The molecule has 0 spiro atoms. The molecule has 0 amide bonds. The molecule has 0 fully saturated rings. The molecule has 2 aromatic carbocycles. The van der Waals surface area contributed by atoms with E-state index in [9.17, 15) is 4.79 Å². The minimum Gasteiger partial charge on any atom is -0.340 e. The van der Waals surface area contributed by atoms with Crippen LogP contribution in [0.5, 0.6) is 0 Å². The molecular weight excluding hydrogens is 222 g/mol. The molecule has 2 nitrogen and oxygen atoms in total. The van der Waals surface area contributed by atoms with Crippen molar-refractivity contribution in [2.75, 3.05) is 0 Å². The number of carbonyl (C=O) groups is 1. The zero-order valence-corrected chi connectivity index (χ0v) is 9.97. The summed E-state index contributed by atoms with van der Waals surface area (Å²) in [6.45, 7) is 0. The zero-order valence-electron chi connectivity index (χ0n) is 9.97. The molecule has 1 aliphatic rings. The fourth-order valence-corrected chi connectivity index (χ4v) is 2.96. The summed E-state index contributed by atoms with van der Waals surface area (Å²) in [4.78, 5) is 12.5. The number of benzene rings is 2. The van der Waals surface area contributed by atoms with Crippen molar-refractivity contribution in [3.05, 3.63) is 59.8 Å². The Bertz CT molecular complexity index is 811. The minimum atomic E-state index is 0.138. The van der Waals surface area contributed by atoms with Crippen LogP contribution in [-0.2, 0) is 7.05 Å². The van der Waals surface area contributed by atoms with Crippen molar-refractivity contribution in [1.29, 1.82) is 0 Å². The van der Waals surface area contributed by atoms with Crippen LogP contribution in [0, 0.1) is 0 Å². The topological polar surface area (TPSA) is 22.0 Å². The molecule has 0 saturated carbocycles. The third-order valence-electron chi connectivity index (χ3n) is 3.76. The average Bonchev–Trinajstić information content (AvgIpc) is 2.87. The molecule has 0 atom stereocenters. The van der Waals surface area contributed by atoms with Crippen molar-refractivity contribution in [2.45, 2.75) is 0 Å². The molecule has 0 N–H and O–H groups in total. The molecule has 3 aromatic rings. The monoisotopic (exact) mass is 233 g/mol. The van der Waals surface area contributed by atoms with Crippen molar-refractivity contribution in [2.24, 2.45) is 7.05 Å². The van der Waals surface area contributed by atoms with E-state index >= 15 is 0 Å². The number of rotatable bonds is 0. The summed E-state index contributed by atoms with van der Waals surface area (Å²) in [6.07, 6.45) is 0. The SMILES string of the molecule is Cn1c2c(c3ccccc31)-c1ccccc1C2=O. The van der Waals surface area contributed by atoms with E-state index in [4.69, 9.17) is 0 Å². The summed E-state index contributed by atoms with van der Waals surface area (Å²) < 4.78 is 2.01. The van der Waals surface area contributed by atoms with Crippen LogP contribution in [0.1, 0.15) is 16.1 Å². The first-order valence-electron chi connectivity index (χ1n) is 6.00. The van der Waals surface area contributed by atoms with Crippen molar-refractivity contribution in [1.82, 2.24) is 4.57 Å². The fourth-order valence-electron chi connectivity index (χ4n) is 2.96. The molecule has 0 saturated heterocycles. The van der Waals surface area contributed by atoms with E-state index in [1.54, 1.807) is 0 Å². The quantitative estimate of drug-likeness (QED) is 0.456. The summed E-state index contributed by atoms with van der Waals surface area (Å²) in [5, 5.41) is 1.16. The number of hydrogen-bond donors (Lipinski definition) is 0. The van der Waals surface area contributed by atoms with Crippen LogP contribution in [0.2, 0.25) is 0 Å². The van der Waals surface area contributed by atoms with Gasteiger partial charge < -0.3 is 4.57 Å². The Balaban J connectivity index is 2.26. The predicted molar refractivity (Wildman–Crippen MR) is 71.8 cm³/mol. The van der Waals surface area contributed by atoms with Crippen LogP contribution in [0.15, 0.2) is 48.5 Å². The summed E-state index contributed by atoms with van der Waals surface area (Å²) in [6, 6.07) is 16.0. The van der Waals surface area contributed by atoms with E-state index in [2.05, 4.69) is 12.1 Å². The van der Waals surface area contributed by atoms with Gasteiger partial charge in [0.15, 0.2) is 0 Å². The van der Waals surface area contributed by atoms with Gasteiger partial charge in [0.2, 0.25) is 5.78 Å². The van der Waals surface area contributed by atoms with Gasteiger partial charge in [0, 0.05) is 29.1 Å². The molecule has 1 aromatic heterocycles. The number of ketones is 1. The van der Waals surface area contributed by atoms with Gasteiger partial charge in [-0.3, -0.25) is 4.79 Å². The Kier molecular flexibility index (Phi) is 1.67. The lowest BCUT2D eigenvalue weighted by molar-refractivity contribution is 0.103. The maximum atomic E-state index is 12.5. The molecule has 0 bridgehead atoms. The molecule has 1 aliphatic carbocycles. The van der Waals surface area contributed by atoms with E-state index in [1.165, 1.54) is 0 Å². The van der Waals surface area contributed by atoms with Gasteiger partial charge in [-0.2, -0.15) is 0 Å². The highest BCUT2D eigenvalue weighted by atomic mass is 16.1. The lowest BCUT2D eigenvalue weighted by Gasteiger charge is -2.01. The molecule has 2 heteroatoms. The van der Waals surface area contributed by atoms with E-state index in [-0.39, 0.29) is 5.78 Å². The van der Waals surface area contributed by atoms with E-state index in [1.807, 2.05) is 48.0 Å². The van der Waals surface area contributed by atoms with Crippen LogP contribution < -0.4 is 0 Å². The van der Waals surface area contributed by atoms with Gasteiger partial charge in [-0.25, -0.2) is 0 Å². The summed E-state index contributed by atoms with van der Waals surface area (Å²) in [7, 11) is 1.96. The van der Waals surface area contributed by atoms with E-state index in [0.717, 1.165) is 33.3 Å². The number of aryl methyl sites for hydroxylation is 1. The smallest absolute Gasteiger partial charge is 0.210 e. The highest BCUT2D eigenvalue weighted by molar-refractivity contribution is 6.26. The van der Waals surface area contributed by atoms with Crippen LogP contribution in [-0.4, -0.2) is 10.4 Å². The normalized spacial score (nSPS) is 12.8. The molecule has 1 heterocycles. The van der Waals surface area contributed by atoms with Gasteiger partial charge in [-0.05, 0) is 11.6 Å². The second-order valence-electron chi connectivity index (χ2n) is 4.67. The second kappa shape index (κ2) is 3.10. The third-order valence-corrected chi connectivity index (χ3v) is 3.76. The first-order valence-corrected chi connectivity index (χ1v) is 6.00. The summed E-state index contributed by atoms with van der Waals surface area (Å²) in [5.74, 6) is 0.138. The fraction of sp³-hybridized carbons (Fsp3) is 0.0625. The van der Waals surface area contributed by atoms with Crippen LogP contribution in [0.25, 0.3) is 22.0 Å². The molecule has 0 radical (unpaired) electrons. The van der Waals surface area contributed by atoms with Crippen LogP contribution >= 0.6 is 0 Å². The van der Waals surface area contributed by atoms with Crippen LogP contribution in [0.3, 0.4) is 0 Å². The number of nitrogens with zero attached hydrogens (tertiary/aromatic N) is 1. The molecule has 86 valence electrons.